The van der Waals surface area contributed by atoms with Crippen LogP contribution in [0.5, 0.6) is 0 Å². The maximum Gasteiger partial charge on any atom is 0.146 e. The molecule has 4 atom stereocenters. The van der Waals surface area contributed by atoms with Crippen molar-refractivity contribution in [1.82, 2.24) is 0 Å². The molecule has 0 saturated carbocycles. The van der Waals surface area contributed by atoms with Gasteiger partial charge >= 0.3 is 0 Å². The molecule has 3 aromatic rings. The van der Waals surface area contributed by atoms with E-state index in [9.17, 15) is 5.11 Å². The fourth-order valence-electron chi connectivity index (χ4n) is 4.59. The van der Waals surface area contributed by atoms with E-state index in [1.54, 1.807) is 7.11 Å². The third kappa shape index (κ3) is 6.13. The molecule has 3 rings (SSSR count). The van der Waals surface area contributed by atoms with Crippen molar-refractivity contribution in [2.24, 2.45) is 11.8 Å². The lowest BCUT2D eigenvalue weighted by molar-refractivity contribution is -0.127. The van der Waals surface area contributed by atoms with Gasteiger partial charge in [0.1, 0.15) is 12.4 Å². The fourth-order valence-corrected chi connectivity index (χ4v) is 4.59. The Morgan fingerprint density at radius 1 is 0.735 bits per heavy atom. The van der Waals surface area contributed by atoms with Crippen LogP contribution in [0.3, 0.4) is 0 Å². The molecule has 0 bridgehead atoms. The summed E-state index contributed by atoms with van der Waals surface area (Å²) < 4.78 is 18.0. The highest BCUT2D eigenvalue weighted by Crippen LogP contribution is 2.40. The van der Waals surface area contributed by atoms with E-state index in [0.29, 0.717) is 6.61 Å². The number of aliphatic hydroxyl groups is 1. The lowest BCUT2D eigenvalue weighted by Crippen LogP contribution is -2.37. The Balaban J connectivity index is 1.92. The second-order valence-electron chi connectivity index (χ2n) is 9.03. The molecular formula is C30H38O4. The van der Waals surface area contributed by atoms with Crippen LogP contribution in [0.2, 0.25) is 0 Å². The summed E-state index contributed by atoms with van der Waals surface area (Å²) in [5, 5.41) is 10.2. The van der Waals surface area contributed by atoms with Crippen molar-refractivity contribution in [3.63, 3.8) is 0 Å². The summed E-state index contributed by atoms with van der Waals surface area (Å²) in [5.41, 5.74) is 2.53. The van der Waals surface area contributed by atoms with Gasteiger partial charge in [-0.15, -0.1) is 0 Å². The molecule has 0 aliphatic rings. The van der Waals surface area contributed by atoms with E-state index < -0.39 is 11.7 Å². The summed E-state index contributed by atoms with van der Waals surface area (Å²) in [4.78, 5) is 0. The molecule has 0 aliphatic carbocycles. The minimum Gasteiger partial charge on any atom is -0.393 e. The molecule has 34 heavy (non-hydrogen) atoms. The van der Waals surface area contributed by atoms with Crippen LogP contribution in [0.4, 0.5) is 0 Å². The van der Waals surface area contributed by atoms with Crippen LogP contribution >= 0.6 is 0 Å². The third-order valence-electron chi connectivity index (χ3n) is 6.65. The van der Waals surface area contributed by atoms with E-state index in [-0.39, 0.29) is 24.7 Å². The Kier molecular flexibility index (Phi) is 9.85. The Bertz CT molecular complexity index is 847. The molecule has 0 saturated heterocycles. The highest BCUT2D eigenvalue weighted by atomic mass is 16.7. The summed E-state index contributed by atoms with van der Waals surface area (Å²) in [6.07, 6.45) is 0.171. The normalized spacial score (nSPS) is 15.4. The largest absolute Gasteiger partial charge is 0.393 e. The summed E-state index contributed by atoms with van der Waals surface area (Å²) in [7, 11) is 1.62. The van der Waals surface area contributed by atoms with E-state index in [0.717, 1.165) is 23.1 Å². The molecule has 182 valence electrons. The van der Waals surface area contributed by atoms with Gasteiger partial charge in [0.25, 0.3) is 0 Å². The second-order valence-corrected chi connectivity index (χ2v) is 9.03. The first-order chi connectivity index (χ1) is 16.5. The van der Waals surface area contributed by atoms with Crippen molar-refractivity contribution < 1.29 is 19.3 Å². The lowest BCUT2D eigenvalue weighted by Gasteiger charge is -2.37. The average molecular weight is 463 g/mol. The number of rotatable bonds is 13. The Hall–Kier alpha value is -2.50. The van der Waals surface area contributed by atoms with Crippen LogP contribution in [-0.4, -0.2) is 37.8 Å². The number of ether oxygens (including phenoxy) is 3. The summed E-state index contributed by atoms with van der Waals surface area (Å²) >= 11 is 0. The Labute approximate surface area is 204 Å². The highest BCUT2D eigenvalue weighted by Gasteiger charge is 2.38. The van der Waals surface area contributed by atoms with Gasteiger partial charge in [0.05, 0.1) is 12.2 Å². The monoisotopic (exact) mass is 462 g/mol. The van der Waals surface area contributed by atoms with Crippen LogP contribution in [0.1, 0.15) is 43.9 Å². The molecule has 1 N–H and O–H groups in total. The molecule has 0 spiro atoms. The first-order valence-corrected chi connectivity index (χ1v) is 12.1. The van der Waals surface area contributed by atoms with Crippen LogP contribution in [0, 0.1) is 11.8 Å². The van der Waals surface area contributed by atoms with Crippen molar-refractivity contribution in [2.45, 2.75) is 45.0 Å². The molecule has 0 amide bonds. The number of hydrogen-bond acceptors (Lipinski definition) is 4. The molecule has 0 fully saturated rings. The molecule has 0 aromatic heterocycles. The lowest BCUT2D eigenvalue weighted by atomic mass is 9.80. The van der Waals surface area contributed by atoms with Crippen molar-refractivity contribution in [3.8, 4) is 0 Å². The standard InChI is InChI=1S/C30H38O4/c1-23(29(33-22-32-4)24(2)25(3)31)20-21-34-30(26-14-8-5-9-15-26,27-16-10-6-11-17-27)28-18-12-7-13-19-28/h5-19,23-25,29,31H,20-22H2,1-4H3/t23-,24-,25-,29+/m0/s1. The van der Waals surface area contributed by atoms with Gasteiger partial charge in [0.2, 0.25) is 0 Å². The molecule has 4 heteroatoms. The zero-order chi connectivity index (χ0) is 24.4. The number of benzene rings is 3. The maximum atomic E-state index is 10.2. The summed E-state index contributed by atoms with van der Waals surface area (Å²) in [5.74, 6) is 0.145. The number of methoxy groups -OCH3 is 1. The van der Waals surface area contributed by atoms with Crippen molar-refractivity contribution in [2.75, 3.05) is 20.5 Å². The molecule has 4 nitrogen and oxygen atoms in total. The fraction of sp³-hybridized carbons (Fsp3) is 0.400. The van der Waals surface area contributed by atoms with E-state index >= 15 is 0 Å². The van der Waals surface area contributed by atoms with Crippen LogP contribution in [0.15, 0.2) is 91.0 Å². The zero-order valence-corrected chi connectivity index (χ0v) is 20.8. The molecule has 0 unspecified atom stereocenters. The van der Waals surface area contributed by atoms with Crippen LogP contribution in [0.25, 0.3) is 0 Å². The predicted octanol–water partition coefficient (Wildman–Crippen LogP) is 6.03. The van der Waals surface area contributed by atoms with E-state index in [1.165, 1.54) is 0 Å². The van der Waals surface area contributed by atoms with Gasteiger partial charge < -0.3 is 19.3 Å². The first-order valence-electron chi connectivity index (χ1n) is 12.1. The van der Waals surface area contributed by atoms with E-state index in [4.69, 9.17) is 14.2 Å². The third-order valence-corrected chi connectivity index (χ3v) is 6.65. The number of aliphatic hydroxyl groups excluding tert-OH is 1. The minimum atomic E-state index is -0.734. The van der Waals surface area contributed by atoms with Crippen LogP contribution < -0.4 is 0 Å². The molecule has 0 aliphatic heterocycles. The van der Waals surface area contributed by atoms with Gasteiger partial charge in [-0.1, -0.05) is 105 Å². The topological polar surface area (TPSA) is 47.9 Å². The smallest absolute Gasteiger partial charge is 0.146 e. The average Bonchev–Trinajstić information content (AvgIpc) is 2.88. The number of hydrogen-bond donors (Lipinski definition) is 1. The second kappa shape index (κ2) is 12.8. The quantitative estimate of drug-likeness (QED) is 0.249. The van der Waals surface area contributed by atoms with Crippen LogP contribution in [-0.2, 0) is 19.8 Å². The summed E-state index contributed by atoms with van der Waals surface area (Å²) in [6.45, 7) is 6.71. The van der Waals surface area contributed by atoms with E-state index in [1.807, 2.05) is 32.0 Å². The van der Waals surface area contributed by atoms with Crippen molar-refractivity contribution in [1.29, 1.82) is 0 Å². The van der Waals surface area contributed by atoms with Gasteiger partial charge in [-0.3, -0.25) is 0 Å². The zero-order valence-electron chi connectivity index (χ0n) is 20.8. The first kappa shape index (κ1) is 26.1. The van der Waals surface area contributed by atoms with E-state index in [2.05, 4.69) is 79.7 Å². The van der Waals surface area contributed by atoms with Gasteiger partial charge in [-0.05, 0) is 36.0 Å². The molecule has 3 aromatic carbocycles. The SMILES string of the molecule is COCO[C@@H]([C@@H](C)[C@H](C)O)[C@@H](C)CCOC(c1ccccc1)(c1ccccc1)c1ccccc1. The molecule has 0 radical (unpaired) electrons. The van der Waals surface area contributed by atoms with Gasteiger partial charge in [-0.2, -0.15) is 0 Å². The van der Waals surface area contributed by atoms with Gasteiger partial charge in [-0.25, -0.2) is 0 Å². The highest BCUT2D eigenvalue weighted by molar-refractivity contribution is 5.47. The molecular weight excluding hydrogens is 424 g/mol. The minimum absolute atomic E-state index is 0.0210. The van der Waals surface area contributed by atoms with Crippen molar-refractivity contribution in [3.05, 3.63) is 108 Å². The Morgan fingerprint density at radius 3 is 1.56 bits per heavy atom. The molecule has 0 heterocycles. The van der Waals surface area contributed by atoms with Crippen molar-refractivity contribution >= 4 is 0 Å². The van der Waals surface area contributed by atoms with Gasteiger partial charge in [0.15, 0.2) is 0 Å². The predicted molar refractivity (Wildman–Crippen MR) is 137 cm³/mol. The maximum absolute atomic E-state index is 10.2. The van der Waals surface area contributed by atoms with Gasteiger partial charge in [0, 0.05) is 19.6 Å². The summed E-state index contributed by atoms with van der Waals surface area (Å²) in [6, 6.07) is 31.2. The Morgan fingerprint density at radius 2 is 1.18 bits per heavy atom.